The van der Waals surface area contributed by atoms with Crippen molar-refractivity contribution in [1.29, 1.82) is 0 Å². The third kappa shape index (κ3) is 3.72. The number of likely N-dealkylation sites (tertiary alicyclic amines) is 1. The summed E-state index contributed by atoms with van der Waals surface area (Å²) in [5.74, 6) is 0.184. The van der Waals surface area contributed by atoms with Gasteiger partial charge in [0, 0.05) is 37.6 Å². The van der Waals surface area contributed by atoms with E-state index in [1.54, 1.807) is 6.92 Å². The highest BCUT2D eigenvalue weighted by Crippen LogP contribution is 2.13. The van der Waals surface area contributed by atoms with Gasteiger partial charge in [-0.15, -0.1) is 0 Å². The highest BCUT2D eigenvalue weighted by atomic mass is 35.5. The van der Waals surface area contributed by atoms with E-state index in [2.05, 4.69) is 11.4 Å². The molecule has 0 aromatic heterocycles. The number of benzene rings is 1. The fraction of sp³-hybridized carbons (Fsp3) is 0.500. The van der Waals surface area contributed by atoms with Crippen LogP contribution in [-0.2, 0) is 11.3 Å². The molecule has 2 rings (SSSR count). The van der Waals surface area contributed by atoms with Crippen molar-refractivity contribution in [1.82, 2.24) is 10.2 Å². The van der Waals surface area contributed by atoms with Crippen LogP contribution in [-0.4, -0.2) is 29.9 Å². The molecule has 4 heteroatoms. The topological polar surface area (TPSA) is 32.3 Å². The third-order valence-corrected chi connectivity index (χ3v) is 3.66. The fourth-order valence-electron chi connectivity index (χ4n) is 2.31. The molecule has 1 heterocycles. The Morgan fingerprint density at radius 1 is 1.44 bits per heavy atom. The molecule has 1 amide bonds. The lowest BCUT2D eigenvalue weighted by Crippen LogP contribution is -2.43. The minimum Gasteiger partial charge on any atom is -0.343 e. The number of carbonyl (C=O) groups is 1. The Labute approximate surface area is 113 Å². The van der Waals surface area contributed by atoms with Crippen LogP contribution in [0.4, 0.5) is 0 Å². The lowest BCUT2D eigenvalue weighted by Gasteiger charge is -2.31. The average Bonchev–Trinajstić information content (AvgIpc) is 2.37. The minimum absolute atomic E-state index is 0.184. The number of hydrogen-bond acceptors (Lipinski definition) is 2. The predicted octanol–water partition coefficient (Wildman–Crippen LogP) is 2.44. The second-order valence-corrected chi connectivity index (χ2v) is 5.23. The first kappa shape index (κ1) is 13.4. The monoisotopic (exact) mass is 266 g/mol. The van der Waals surface area contributed by atoms with Crippen LogP contribution < -0.4 is 5.32 Å². The van der Waals surface area contributed by atoms with E-state index in [4.69, 9.17) is 11.6 Å². The SMILES string of the molecule is CC(=O)N1CCC(NCc2cccc(Cl)c2)CC1. The quantitative estimate of drug-likeness (QED) is 0.911. The Morgan fingerprint density at radius 3 is 2.78 bits per heavy atom. The molecule has 0 unspecified atom stereocenters. The molecule has 1 saturated heterocycles. The van der Waals surface area contributed by atoms with Crippen LogP contribution >= 0.6 is 11.6 Å². The van der Waals surface area contributed by atoms with Crippen molar-refractivity contribution in [3.8, 4) is 0 Å². The van der Waals surface area contributed by atoms with Gasteiger partial charge in [-0.3, -0.25) is 4.79 Å². The third-order valence-electron chi connectivity index (χ3n) is 3.42. The number of nitrogens with zero attached hydrogens (tertiary/aromatic N) is 1. The number of amides is 1. The molecule has 0 radical (unpaired) electrons. The first-order valence-electron chi connectivity index (χ1n) is 6.38. The predicted molar refractivity (Wildman–Crippen MR) is 73.6 cm³/mol. The first-order chi connectivity index (χ1) is 8.65. The molecule has 1 aromatic carbocycles. The van der Waals surface area contributed by atoms with Gasteiger partial charge in [0.15, 0.2) is 0 Å². The number of nitrogens with one attached hydrogen (secondary N) is 1. The molecule has 1 aromatic rings. The highest BCUT2D eigenvalue weighted by molar-refractivity contribution is 6.30. The maximum absolute atomic E-state index is 11.2. The fourth-order valence-corrected chi connectivity index (χ4v) is 2.52. The summed E-state index contributed by atoms with van der Waals surface area (Å²) in [5, 5.41) is 4.31. The van der Waals surface area contributed by atoms with E-state index in [1.807, 2.05) is 23.1 Å². The summed E-state index contributed by atoms with van der Waals surface area (Å²) in [4.78, 5) is 13.1. The zero-order valence-corrected chi connectivity index (χ0v) is 11.4. The molecule has 0 atom stereocenters. The second-order valence-electron chi connectivity index (χ2n) is 4.79. The van der Waals surface area contributed by atoms with Crippen LogP contribution in [0.3, 0.4) is 0 Å². The molecule has 18 heavy (non-hydrogen) atoms. The standard InChI is InChI=1S/C14H19ClN2O/c1-11(18)17-7-5-14(6-8-17)16-10-12-3-2-4-13(15)9-12/h2-4,9,14,16H,5-8,10H2,1H3. The number of piperidine rings is 1. The van der Waals surface area contributed by atoms with Gasteiger partial charge in [0.1, 0.15) is 0 Å². The molecular weight excluding hydrogens is 248 g/mol. The van der Waals surface area contributed by atoms with Crippen molar-refractivity contribution >= 4 is 17.5 Å². The van der Waals surface area contributed by atoms with Gasteiger partial charge >= 0.3 is 0 Å². The molecule has 1 fully saturated rings. The lowest BCUT2D eigenvalue weighted by molar-refractivity contribution is -0.129. The van der Waals surface area contributed by atoms with Gasteiger partial charge in [0.2, 0.25) is 5.91 Å². The van der Waals surface area contributed by atoms with Crippen molar-refractivity contribution in [3.05, 3.63) is 34.9 Å². The second kappa shape index (κ2) is 6.21. The van der Waals surface area contributed by atoms with E-state index in [-0.39, 0.29) is 5.91 Å². The van der Waals surface area contributed by atoms with Crippen LogP contribution in [0, 0.1) is 0 Å². The van der Waals surface area contributed by atoms with Gasteiger partial charge in [-0.25, -0.2) is 0 Å². The van der Waals surface area contributed by atoms with Gasteiger partial charge < -0.3 is 10.2 Å². The van der Waals surface area contributed by atoms with Crippen molar-refractivity contribution < 1.29 is 4.79 Å². The molecule has 98 valence electrons. The Kier molecular flexibility index (Phi) is 4.61. The molecular formula is C14H19ClN2O. The summed E-state index contributed by atoms with van der Waals surface area (Å²) >= 11 is 5.95. The molecule has 1 aliphatic heterocycles. The van der Waals surface area contributed by atoms with E-state index in [0.29, 0.717) is 6.04 Å². The summed E-state index contributed by atoms with van der Waals surface area (Å²) in [6.07, 6.45) is 2.06. The number of hydrogen-bond donors (Lipinski definition) is 1. The smallest absolute Gasteiger partial charge is 0.219 e. The maximum atomic E-state index is 11.2. The van der Waals surface area contributed by atoms with E-state index < -0.39 is 0 Å². The van der Waals surface area contributed by atoms with Crippen LogP contribution in [0.5, 0.6) is 0 Å². The molecule has 0 saturated carbocycles. The van der Waals surface area contributed by atoms with Gasteiger partial charge in [0.05, 0.1) is 0 Å². The molecule has 0 spiro atoms. The van der Waals surface area contributed by atoms with Crippen LogP contribution in [0.25, 0.3) is 0 Å². The van der Waals surface area contributed by atoms with Crippen LogP contribution in [0.2, 0.25) is 5.02 Å². The number of carbonyl (C=O) groups excluding carboxylic acids is 1. The van der Waals surface area contributed by atoms with E-state index >= 15 is 0 Å². The Balaban J connectivity index is 1.77. The van der Waals surface area contributed by atoms with E-state index in [1.165, 1.54) is 5.56 Å². The summed E-state index contributed by atoms with van der Waals surface area (Å²) in [6.45, 7) is 4.20. The van der Waals surface area contributed by atoms with Gasteiger partial charge in [-0.1, -0.05) is 23.7 Å². The highest BCUT2D eigenvalue weighted by Gasteiger charge is 2.19. The van der Waals surface area contributed by atoms with Crippen molar-refractivity contribution in [2.75, 3.05) is 13.1 Å². The van der Waals surface area contributed by atoms with Gasteiger partial charge in [-0.2, -0.15) is 0 Å². The van der Waals surface area contributed by atoms with Gasteiger partial charge in [0.25, 0.3) is 0 Å². The Morgan fingerprint density at radius 2 is 2.17 bits per heavy atom. The maximum Gasteiger partial charge on any atom is 0.219 e. The zero-order chi connectivity index (χ0) is 13.0. The normalized spacial score (nSPS) is 16.9. The lowest BCUT2D eigenvalue weighted by atomic mass is 10.0. The Bertz CT molecular complexity index is 414. The van der Waals surface area contributed by atoms with E-state index in [9.17, 15) is 4.79 Å². The van der Waals surface area contributed by atoms with Crippen LogP contribution in [0.15, 0.2) is 24.3 Å². The number of halogens is 1. The Hall–Kier alpha value is -1.06. The van der Waals surface area contributed by atoms with Crippen molar-refractivity contribution in [2.45, 2.75) is 32.4 Å². The first-order valence-corrected chi connectivity index (χ1v) is 6.76. The molecule has 0 aliphatic carbocycles. The van der Waals surface area contributed by atoms with E-state index in [0.717, 1.165) is 37.5 Å². The van der Waals surface area contributed by atoms with Crippen LogP contribution in [0.1, 0.15) is 25.3 Å². The summed E-state index contributed by atoms with van der Waals surface area (Å²) in [7, 11) is 0. The average molecular weight is 267 g/mol. The van der Waals surface area contributed by atoms with Gasteiger partial charge in [-0.05, 0) is 30.5 Å². The molecule has 0 bridgehead atoms. The number of rotatable bonds is 3. The largest absolute Gasteiger partial charge is 0.343 e. The molecule has 1 aliphatic rings. The molecule has 3 nitrogen and oxygen atoms in total. The summed E-state index contributed by atoms with van der Waals surface area (Å²) < 4.78 is 0. The van der Waals surface area contributed by atoms with Crippen molar-refractivity contribution in [3.63, 3.8) is 0 Å². The minimum atomic E-state index is 0.184. The molecule has 1 N–H and O–H groups in total. The summed E-state index contributed by atoms with van der Waals surface area (Å²) in [6, 6.07) is 8.41. The van der Waals surface area contributed by atoms with Crippen molar-refractivity contribution in [2.24, 2.45) is 0 Å². The summed E-state index contributed by atoms with van der Waals surface area (Å²) in [5.41, 5.74) is 1.21. The zero-order valence-electron chi connectivity index (χ0n) is 10.7.